The minimum Gasteiger partial charge on any atom is -0.361 e. The molecule has 5 nitrogen and oxygen atoms in total. The van der Waals surface area contributed by atoms with Crippen LogP contribution < -0.4 is 16.4 Å². The maximum Gasteiger partial charge on any atom is 0.0837 e. The average Bonchev–Trinajstić information content (AvgIpc) is 3.41. The molecule has 5 aromatic rings. The summed E-state index contributed by atoms with van der Waals surface area (Å²) in [7, 11) is 0. The van der Waals surface area contributed by atoms with Gasteiger partial charge in [-0.1, -0.05) is 24.3 Å². The Morgan fingerprint density at radius 2 is 1.90 bits per heavy atom. The fourth-order valence-corrected chi connectivity index (χ4v) is 4.68. The molecule has 0 bridgehead atoms. The molecule has 5 N–H and O–H groups in total. The monoisotopic (exact) mass is 413 g/mol. The second-order valence-electron chi connectivity index (χ2n) is 7.25. The lowest BCUT2D eigenvalue weighted by atomic mass is 10.1. The van der Waals surface area contributed by atoms with E-state index in [4.69, 9.17) is 5.73 Å². The van der Waals surface area contributed by atoms with Crippen molar-refractivity contribution in [1.82, 2.24) is 15.3 Å². The van der Waals surface area contributed by atoms with Crippen LogP contribution in [0.25, 0.3) is 31.6 Å². The molecule has 0 aliphatic heterocycles. The van der Waals surface area contributed by atoms with Crippen molar-refractivity contribution in [3.8, 4) is 10.4 Å². The van der Waals surface area contributed by atoms with E-state index in [2.05, 4.69) is 75.2 Å². The fourth-order valence-electron chi connectivity index (χ4n) is 3.59. The number of hydrogen-bond donors (Lipinski definition) is 4. The fraction of sp³-hybridized carbons (Fsp3) is 0.125. The molecule has 0 amide bonds. The number of hydrogen-bond acceptors (Lipinski definition) is 5. The van der Waals surface area contributed by atoms with Gasteiger partial charge in [0.15, 0.2) is 0 Å². The van der Waals surface area contributed by atoms with E-state index in [-0.39, 0.29) is 0 Å². The largest absolute Gasteiger partial charge is 0.361 e. The maximum atomic E-state index is 5.54. The lowest BCUT2D eigenvalue weighted by Gasteiger charge is -2.07. The minimum atomic E-state index is 0.655. The third-order valence-corrected chi connectivity index (χ3v) is 6.34. The van der Waals surface area contributed by atoms with Crippen LogP contribution in [0.2, 0.25) is 0 Å². The molecule has 0 spiro atoms. The van der Waals surface area contributed by atoms with Gasteiger partial charge in [-0.05, 0) is 47.5 Å². The van der Waals surface area contributed by atoms with E-state index in [1.165, 1.54) is 21.4 Å². The highest BCUT2D eigenvalue weighted by Crippen LogP contribution is 2.37. The first kappa shape index (κ1) is 18.8. The predicted octanol–water partition coefficient (Wildman–Crippen LogP) is 5.24. The van der Waals surface area contributed by atoms with Gasteiger partial charge in [0.05, 0.1) is 15.9 Å². The van der Waals surface area contributed by atoms with Crippen LogP contribution in [0.3, 0.4) is 0 Å². The zero-order chi connectivity index (χ0) is 20.3. The Labute approximate surface area is 179 Å². The summed E-state index contributed by atoms with van der Waals surface area (Å²) >= 11 is 1.77. The van der Waals surface area contributed by atoms with Crippen molar-refractivity contribution >= 4 is 43.8 Å². The molecule has 0 aliphatic carbocycles. The topological polar surface area (TPSA) is 78.8 Å². The molecule has 0 saturated carbocycles. The highest BCUT2D eigenvalue weighted by molar-refractivity contribution is 7.22. The molecular formula is C24H23N5S. The molecule has 0 unspecified atom stereocenters. The van der Waals surface area contributed by atoms with E-state index in [0.717, 1.165) is 40.2 Å². The third-order valence-electron chi connectivity index (χ3n) is 5.13. The van der Waals surface area contributed by atoms with Crippen molar-refractivity contribution in [2.45, 2.75) is 6.54 Å². The highest BCUT2D eigenvalue weighted by Gasteiger charge is 2.10. The van der Waals surface area contributed by atoms with Crippen LogP contribution >= 0.6 is 11.3 Å². The first-order valence-corrected chi connectivity index (χ1v) is 10.8. The van der Waals surface area contributed by atoms with Gasteiger partial charge >= 0.3 is 0 Å². The van der Waals surface area contributed by atoms with E-state index in [1.807, 2.05) is 18.5 Å². The van der Waals surface area contributed by atoms with Crippen molar-refractivity contribution in [2.24, 2.45) is 5.73 Å². The molecule has 3 heterocycles. The van der Waals surface area contributed by atoms with E-state index in [9.17, 15) is 0 Å². The third kappa shape index (κ3) is 3.80. The number of nitrogens with two attached hydrogens (primary N) is 1. The molecule has 30 heavy (non-hydrogen) atoms. The smallest absolute Gasteiger partial charge is 0.0837 e. The summed E-state index contributed by atoms with van der Waals surface area (Å²) in [5.41, 5.74) is 12.3. The number of fused-ring (bicyclic) bond motifs is 2. The lowest BCUT2D eigenvalue weighted by Crippen LogP contribution is -2.21. The molecule has 0 atom stereocenters. The quantitative estimate of drug-likeness (QED) is 0.275. The number of H-pyrrole nitrogens is 1. The van der Waals surface area contributed by atoms with Crippen molar-refractivity contribution in [1.29, 1.82) is 0 Å². The summed E-state index contributed by atoms with van der Waals surface area (Å²) in [4.78, 5) is 9.03. The number of nitrogens with zero attached hydrogens (tertiary/aromatic N) is 1. The number of thiophene rings is 1. The summed E-state index contributed by atoms with van der Waals surface area (Å²) in [6, 6.07) is 21.3. The van der Waals surface area contributed by atoms with Crippen molar-refractivity contribution < 1.29 is 0 Å². The van der Waals surface area contributed by atoms with Gasteiger partial charge in [-0.2, -0.15) is 0 Å². The van der Waals surface area contributed by atoms with Crippen LogP contribution in [0.15, 0.2) is 73.1 Å². The van der Waals surface area contributed by atoms with Crippen LogP contribution in [-0.2, 0) is 6.54 Å². The molecule has 0 fully saturated rings. The van der Waals surface area contributed by atoms with E-state index in [0.29, 0.717) is 6.54 Å². The molecule has 3 aromatic heterocycles. The number of anilines is 2. The Morgan fingerprint density at radius 3 is 2.77 bits per heavy atom. The predicted molar refractivity (Wildman–Crippen MR) is 127 cm³/mol. The molecule has 2 aromatic carbocycles. The van der Waals surface area contributed by atoms with Gasteiger partial charge in [0.2, 0.25) is 0 Å². The van der Waals surface area contributed by atoms with Gasteiger partial charge in [0.25, 0.3) is 0 Å². The van der Waals surface area contributed by atoms with E-state index < -0.39 is 0 Å². The Morgan fingerprint density at radius 1 is 1.00 bits per heavy atom. The van der Waals surface area contributed by atoms with Crippen LogP contribution in [0, 0.1) is 0 Å². The maximum absolute atomic E-state index is 5.54. The molecule has 150 valence electrons. The van der Waals surface area contributed by atoms with Gasteiger partial charge in [0, 0.05) is 53.5 Å². The Bertz CT molecular complexity index is 1290. The Hall–Kier alpha value is -3.19. The number of pyridine rings is 1. The molecule has 0 saturated heterocycles. The Balaban J connectivity index is 1.42. The van der Waals surface area contributed by atoms with Crippen LogP contribution in [0.4, 0.5) is 11.4 Å². The van der Waals surface area contributed by atoms with Crippen LogP contribution in [0.1, 0.15) is 5.56 Å². The van der Waals surface area contributed by atoms with Crippen molar-refractivity contribution in [3.05, 3.63) is 78.6 Å². The number of rotatable bonds is 7. The average molecular weight is 414 g/mol. The van der Waals surface area contributed by atoms with Gasteiger partial charge in [-0.15, -0.1) is 11.3 Å². The van der Waals surface area contributed by atoms with Gasteiger partial charge < -0.3 is 21.4 Å². The summed E-state index contributed by atoms with van der Waals surface area (Å²) in [5.74, 6) is 0. The normalized spacial score (nSPS) is 11.4. The molecule has 5 rings (SSSR count). The summed E-state index contributed by atoms with van der Waals surface area (Å²) < 4.78 is 1.16. The molecule has 0 radical (unpaired) electrons. The first-order valence-electron chi connectivity index (χ1n) is 10.0. The lowest BCUT2D eigenvalue weighted by molar-refractivity contribution is 0.695. The first-order chi connectivity index (χ1) is 14.8. The summed E-state index contributed by atoms with van der Waals surface area (Å²) in [6.07, 6.45) is 3.83. The standard InChI is InChI=1S/C24H23N5S/c25-9-12-26-15-16-1-3-17(4-2-16)23-14-22-24(30-23)21(8-11-28-22)29-19-5-6-20-18(13-19)7-10-27-20/h1-8,10-11,13-14,26-27H,9,12,15,25H2,(H,28,29). The number of aromatic amines is 1. The molecule has 0 aliphatic rings. The van der Waals surface area contributed by atoms with Gasteiger partial charge in [-0.3, -0.25) is 4.98 Å². The van der Waals surface area contributed by atoms with Gasteiger partial charge in [0.1, 0.15) is 0 Å². The zero-order valence-corrected chi connectivity index (χ0v) is 17.3. The number of aromatic nitrogens is 2. The molecule has 6 heteroatoms. The second-order valence-corrected chi connectivity index (χ2v) is 8.30. The summed E-state index contributed by atoms with van der Waals surface area (Å²) in [6.45, 7) is 2.32. The van der Waals surface area contributed by atoms with Crippen molar-refractivity contribution in [3.63, 3.8) is 0 Å². The van der Waals surface area contributed by atoms with E-state index >= 15 is 0 Å². The summed E-state index contributed by atoms with van der Waals surface area (Å²) in [5, 5.41) is 8.09. The Kier molecular flexibility index (Phi) is 5.19. The molecular weight excluding hydrogens is 390 g/mol. The highest BCUT2D eigenvalue weighted by atomic mass is 32.1. The minimum absolute atomic E-state index is 0.655. The SMILES string of the molecule is NCCNCc1ccc(-c2cc3nccc(Nc4ccc5[nH]ccc5c4)c3s2)cc1. The van der Waals surface area contributed by atoms with Crippen molar-refractivity contribution in [2.75, 3.05) is 18.4 Å². The number of benzene rings is 2. The van der Waals surface area contributed by atoms with Crippen LogP contribution in [-0.4, -0.2) is 23.1 Å². The zero-order valence-electron chi connectivity index (χ0n) is 16.5. The van der Waals surface area contributed by atoms with Gasteiger partial charge in [-0.25, -0.2) is 0 Å². The van der Waals surface area contributed by atoms with Crippen LogP contribution in [0.5, 0.6) is 0 Å². The number of nitrogens with one attached hydrogen (secondary N) is 3. The van der Waals surface area contributed by atoms with E-state index in [1.54, 1.807) is 11.3 Å². The second kappa shape index (κ2) is 8.28.